The second kappa shape index (κ2) is 4.84. The molecule has 0 unspecified atom stereocenters. The normalized spacial score (nSPS) is 13.2. The molecule has 3 rings (SSSR count). The molecule has 0 aliphatic carbocycles. The average Bonchev–Trinajstić information content (AvgIpc) is 2.85. The van der Waals surface area contributed by atoms with Crippen LogP contribution >= 0.6 is 0 Å². The maximum absolute atomic E-state index is 12.2. The second-order valence-corrected chi connectivity index (χ2v) is 4.18. The first-order valence-electron chi connectivity index (χ1n) is 5.89. The van der Waals surface area contributed by atoms with Crippen LogP contribution in [0, 0.1) is 0 Å². The van der Waals surface area contributed by atoms with E-state index in [-0.39, 0.29) is 5.88 Å². The summed E-state index contributed by atoms with van der Waals surface area (Å²) >= 11 is 0. The van der Waals surface area contributed by atoms with Gasteiger partial charge in [0, 0.05) is 18.7 Å². The van der Waals surface area contributed by atoms with Gasteiger partial charge in [-0.3, -0.25) is 0 Å². The fourth-order valence-corrected chi connectivity index (χ4v) is 2.11. The van der Waals surface area contributed by atoms with Gasteiger partial charge in [0.25, 0.3) is 0 Å². The van der Waals surface area contributed by atoms with Crippen molar-refractivity contribution in [3.8, 4) is 22.8 Å². The van der Waals surface area contributed by atoms with Crippen molar-refractivity contribution in [2.45, 2.75) is 13.0 Å². The predicted molar refractivity (Wildman–Crippen MR) is 65.5 cm³/mol. The van der Waals surface area contributed by atoms with Crippen LogP contribution in [0.25, 0.3) is 11.1 Å². The van der Waals surface area contributed by atoms with Crippen LogP contribution < -0.4 is 9.47 Å². The lowest BCUT2D eigenvalue weighted by Gasteiger charge is -2.07. The van der Waals surface area contributed by atoms with Crippen molar-refractivity contribution in [2.75, 3.05) is 6.61 Å². The van der Waals surface area contributed by atoms with Crippen molar-refractivity contribution in [3.05, 3.63) is 42.1 Å². The lowest BCUT2D eigenvalue weighted by atomic mass is 10.0. The molecule has 0 radical (unpaired) electrons. The minimum Gasteiger partial charge on any atom is -0.493 e. The predicted octanol–water partition coefficient (Wildman–Crippen LogP) is 3.28. The zero-order valence-electron chi connectivity index (χ0n) is 9.98. The minimum atomic E-state index is -2.86. The summed E-state index contributed by atoms with van der Waals surface area (Å²) in [4.78, 5) is 3.75. The van der Waals surface area contributed by atoms with Crippen LogP contribution in [-0.4, -0.2) is 18.2 Å². The summed E-state index contributed by atoms with van der Waals surface area (Å²) in [6, 6.07) is 9.06. The second-order valence-electron chi connectivity index (χ2n) is 4.18. The van der Waals surface area contributed by atoms with Crippen molar-refractivity contribution >= 4 is 0 Å². The van der Waals surface area contributed by atoms with Gasteiger partial charge in [-0.15, -0.1) is 0 Å². The minimum absolute atomic E-state index is 0.0794. The number of fused-ring (bicyclic) bond motifs is 1. The molecule has 0 bridgehead atoms. The molecule has 0 saturated heterocycles. The number of aromatic nitrogens is 1. The van der Waals surface area contributed by atoms with Crippen LogP contribution in [0.5, 0.6) is 11.6 Å². The van der Waals surface area contributed by atoms with Crippen molar-refractivity contribution in [3.63, 3.8) is 0 Å². The Kier molecular flexibility index (Phi) is 3.03. The van der Waals surface area contributed by atoms with E-state index in [0.717, 1.165) is 28.9 Å². The zero-order valence-corrected chi connectivity index (χ0v) is 9.98. The molecule has 1 aliphatic rings. The molecule has 2 aromatic rings. The number of rotatable bonds is 3. The Morgan fingerprint density at radius 1 is 1.16 bits per heavy atom. The van der Waals surface area contributed by atoms with Gasteiger partial charge in [0.15, 0.2) is 0 Å². The number of ether oxygens (including phenoxy) is 2. The molecule has 0 atom stereocenters. The van der Waals surface area contributed by atoms with Gasteiger partial charge in [-0.1, -0.05) is 6.07 Å². The number of alkyl halides is 2. The van der Waals surface area contributed by atoms with E-state index in [0.29, 0.717) is 6.61 Å². The zero-order chi connectivity index (χ0) is 13.2. The number of hydrogen-bond acceptors (Lipinski definition) is 3. The molecule has 98 valence electrons. The van der Waals surface area contributed by atoms with Gasteiger partial charge in [-0.2, -0.15) is 8.78 Å². The largest absolute Gasteiger partial charge is 0.493 e. The third-order valence-corrected chi connectivity index (χ3v) is 2.97. The molecule has 0 saturated carbocycles. The van der Waals surface area contributed by atoms with Crippen molar-refractivity contribution < 1.29 is 18.3 Å². The van der Waals surface area contributed by atoms with E-state index in [1.165, 1.54) is 12.3 Å². The molecule has 1 aromatic heterocycles. The van der Waals surface area contributed by atoms with E-state index >= 15 is 0 Å². The van der Waals surface area contributed by atoms with Gasteiger partial charge >= 0.3 is 6.61 Å². The van der Waals surface area contributed by atoms with Gasteiger partial charge in [0.05, 0.1) is 6.61 Å². The van der Waals surface area contributed by atoms with Gasteiger partial charge in [0.1, 0.15) is 5.75 Å². The highest BCUT2D eigenvalue weighted by atomic mass is 19.3. The van der Waals surface area contributed by atoms with Gasteiger partial charge in [0.2, 0.25) is 5.88 Å². The fourth-order valence-electron chi connectivity index (χ4n) is 2.11. The molecule has 3 nitrogen and oxygen atoms in total. The van der Waals surface area contributed by atoms with E-state index in [4.69, 9.17) is 4.74 Å². The molecule has 1 aliphatic heterocycles. The molecule has 5 heteroatoms. The summed E-state index contributed by atoms with van der Waals surface area (Å²) < 4.78 is 34.0. The van der Waals surface area contributed by atoms with Crippen LogP contribution in [0.4, 0.5) is 8.78 Å². The van der Waals surface area contributed by atoms with Crippen LogP contribution in [-0.2, 0) is 6.42 Å². The number of benzene rings is 1. The van der Waals surface area contributed by atoms with Crippen molar-refractivity contribution in [2.24, 2.45) is 0 Å². The Labute approximate surface area is 108 Å². The molecule has 19 heavy (non-hydrogen) atoms. The summed E-state index contributed by atoms with van der Waals surface area (Å²) in [5.41, 5.74) is 2.86. The molecule has 1 aromatic carbocycles. The summed E-state index contributed by atoms with van der Waals surface area (Å²) in [6.07, 6.45) is 2.32. The first-order chi connectivity index (χ1) is 9.22. The van der Waals surface area contributed by atoms with Gasteiger partial charge in [-0.05, 0) is 34.9 Å². The monoisotopic (exact) mass is 263 g/mol. The fraction of sp³-hybridized carbons (Fsp3) is 0.214. The van der Waals surface area contributed by atoms with Crippen molar-refractivity contribution in [1.29, 1.82) is 0 Å². The van der Waals surface area contributed by atoms with E-state index in [9.17, 15) is 8.78 Å². The Hall–Kier alpha value is -2.17. The topological polar surface area (TPSA) is 31.4 Å². The van der Waals surface area contributed by atoms with Crippen LogP contribution in [0.3, 0.4) is 0 Å². The SMILES string of the molecule is FC(F)Oc1cc(-c2ccc3c(c2)CCO3)ccn1. The average molecular weight is 263 g/mol. The third kappa shape index (κ3) is 2.50. The van der Waals surface area contributed by atoms with Crippen LogP contribution in [0.2, 0.25) is 0 Å². The molecule has 2 heterocycles. The first kappa shape index (κ1) is 11.9. The Morgan fingerprint density at radius 2 is 2.00 bits per heavy atom. The number of halogens is 2. The summed E-state index contributed by atoms with van der Waals surface area (Å²) in [7, 11) is 0. The maximum atomic E-state index is 12.2. The Bertz CT molecular complexity index is 602. The lowest BCUT2D eigenvalue weighted by molar-refractivity contribution is -0.0528. The number of pyridine rings is 1. The number of nitrogens with zero attached hydrogens (tertiary/aromatic N) is 1. The standard InChI is InChI=1S/C14H11F2NO2/c15-14(16)19-13-8-10(3-5-17-13)9-1-2-12-11(7-9)4-6-18-12/h1-3,5,7-8,14H,4,6H2. The van der Waals surface area contributed by atoms with E-state index in [1.54, 1.807) is 6.07 Å². The highest BCUT2D eigenvalue weighted by Gasteiger charge is 2.13. The molecular formula is C14H11F2NO2. The highest BCUT2D eigenvalue weighted by Crippen LogP contribution is 2.31. The maximum Gasteiger partial charge on any atom is 0.388 e. The molecule has 0 N–H and O–H groups in total. The summed E-state index contributed by atoms with van der Waals surface area (Å²) in [5, 5.41) is 0. The van der Waals surface area contributed by atoms with Gasteiger partial charge in [-0.25, -0.2) is 4.98 Å². The van der Waals surface area contributed by atoms with E-state index in [1.807, 2.05) is 18.2 Å². The lowest BCUT2D eigenvalue weighted by Crippen LogP contribution is -2.03. The van der Waals surface area contributed by atoms with E-state index in [2.05, 4.69) is 9.72 Å². The van der Waals surface area contributed by atoms with E-state index < -0.39 is 6.61 Å². The van der Waals surface area contributed by atoms with Crippen LogP contribution in [0.15, 0.2) is 36.5 Å². The first-order valence-corrected chi connectivity index (χ1v) is 5.89. The Balaban J connectivity index is 1.93. The Morgan fingerprint density at radius 3 is 2.84 bits per heavy atom. The number of hydrogen-bond donors (Lipinski definition) is 0. The molecular weight excluding hydrogens is 252 g/mol. The van der Waals surface area contributed by atoms with Gasteiger partial charge < -0.3 is 9.47 Å². The van der Waals surface area contributed by atoms with Crippen LogP contribution in [0.1, 0.15) is 5.56 Å². The third-order valence-electron chi connectivity index (χ3n) is 2.97. The molecule has 0 fully saturated rings. The summed E-state index contributed by atoms with van der Waals surface area (Å²) in [5.74, 6) is 0.811. The van der Waals surface area contributed by atoms with Crippen molar-refractivity contribution in [1.82, 2.24) is 4.98 Å². The molecule has 0 spiro atoms. The molecule has 0 amide bonds. The highest BCUT2D eigenvalue weighted by molar-refractivity contribution is 5.66. The smallest absolute Gasteiger partial charge is 0.388 e. The quantitative estimate of drug-likeness (QED) is 0.851. The summed E-state index contributed by atoms with van der Waals surface area (Å²) in [6.45, 7) is -2.18.